The Hall–Kier alpha value is -3.46. The fourth-order valence-corrected chi connectivity index (χ4v) is 3.88. The third kappa shape index (κ3) is 4.11. The van der Waals surface area contributed by atoms with Gasteiger partial charge in [0.2, 0.25) is 5.91 Å². The van der Waals surface area contributed by atoms with Crippen molar-refractivity contribution < 1.29 is 13.6 Å². The molecular weight excluding hydrogens is 410 g/mol. The summed E-state index contributed by atoms with van der Waals surface area (Å²) in [5, 5.41) is 7.73. The lowest BCUT2D eigenvalue weighted by atomic mass is 10.1. The number of amides is 1. The maximum absolute atomic E-state index is 13.3. The van der Waals surface area contributed by atoms with Gasteiger partial charge in [-0.15, -0.1) is 11.3 Å². The second kappa shape index (κ2) is 8.11. The van der Waals surface area contributed by atoms with E-state index in [2.05, 4.69) is 15.4 Å². The SMILES string of the molecule is Cc1nc2c(=O)n(CC(=O)NCc3ccc(F)cc3)nc(-c3ccc(F)cc3)c2s1. The fourth-order valence-electron chi connectivity index (χ4n) is 2.96. The van der Waals surface area contributed by atoms with Crippen molar-refractivity contribution in [2.75, 3.05) is 0 Å². The molecule has 2 aromatic heterocycles. The van der Waals surface area contributed by atoms with Crippen molar-refractivity contribution in [3.8, 4) is 11.3 Å². The molecule has 0 atom stereocenters. The van der Waals surface area contributed by atoms with Gasteiger partial charge in [0, 0.05) is 12.1 Å². The number of benzene rings is 2. The van der Waals surface area contributed by atoms with Crippen LogP contribution in [0.1, 0.15) is 10.6 Å². The minimum atomic E-state index is -0.475. The highest BCUT2D eigenvalue weighted by Crippen LogP contribution is 2.29. The number of aromatic nitrogens is 3. The number of thiazole rings is 1. The van der Waals surface area contributed by atoms with Gasteiger partial charge in [0.05, 0.1) is 9.71 Å². The van der Waals surface area contributed by atoms with Gasteiger partial charge in [0.1, 0.15) is 23.9 Å². The molecule has 0 unspecified atom stereocenters. The first-order chi connectivity index (χ1) is 14.4. The second-order valence-electron chi connectivity index (χ2n) is 6.63. The standard InChI is InChI=1S/C21H16F2N4O2S/c1-12-25-19-20(30-12)18(14-4-8-16(23)9-5-14)26-27(21(19)29)11-17(28)24-10-13-2-6-15(22)7-3-13/h2-9H,10-11H2,1H3,(H,24,28). The van der Waals surface area contributed by atoms with Crippen LogP contribution in [0.4, 0.5) is 8.78 Å². The predicted octanol–water partition coefficient (Wildman–Crippen LogP) is 3.42. The highest BCUT2D eigenvalue weighted by Gasteiger charge is 2.18. The summed E-state index contributed by atoms with van der Waals surface area (Å²) in [6, 6.07) is 11.5. The minimum Gasteiger partial charge on any atom is -0.350 e. The lowest BCUT2D eigenvalue weighted by Crippen LogP contribution is -2.33. The minimum absolute atomic E-state index is 0.191. The van der Waals surface area contributed by atoms with Gasteiger partial charge in [-0.25, -0.2) is 18.4 Å². The molecule has 0 bridgehead atoms. The molecule has 4 rings (SSSR count). The number of halogens is 2. The van der Waals surface area contributed by atoms with E-state index in [1.807, 2.05) is 0 Å². The van der Waals surface area contributed by atoms with E-state index >= 15 is 0 Å². The Balaban J connectivity index is 1.64. The topological polar surface area (TPSA) is 76.9 Å². The number of aryl methyl sites for hydroxylation is 1. The van der Waals surface area contributed by atoms with Crippen LogP contribution in [0.15, 0.2) is 53.3 Å². The molecule has 9 heteroatoms. The van der Waals surface area contributed by atoms with Crippen LogP contribution in [0.3, 0.4) is 0 Å². The number of nitrogens with one attached hydrogen (secondary N) is 1. The highest BCUT2D eigenvalue weighted by molar-refractivity contribution is 7.19. The molecule has 2 aromatic carbocycles. The van der Waals surface area contributed by atoms with Crippen molar-refractivity contribution in [2.45, 2.75) is 20.0 Å². The van der Waals surface area contributed by atoms with E-state index < -0.39 is 11.5 Å². The molecule has 0 fully saturated rings. The predicted molar refractivity (Wildman–Crippen MR) is 110 cm³/mol. The monoisotopic (exact) mass is 426 g/mol. The number of hydrogen-bond donors (Lipinski definition) is 1. The number of nitrogens with zero attached hydrogens (tertiary/aromatic N) is 3. The number of rotatable bonds is 5. The summed E-state index contributed by atoms with van der Waals surface area (Å²) in [5.41, 5.74) is 1.55. The molecule has 152 valence electrons. The molecule has 0 radical (unpaired) electrons. The van der Waals surface area contributed by atoms with E-state index in [9.17, 15) is 18.4 Å². The second-order valence-corrected chi connectivity index (χ2v) is 7.84. The fraction of sp³-hybridized carbons (Fsp3) is 0.143. The molecule has 0 saturated carbocycles. The van der Waals surface area contributed by atoms with E-state index in [-0.39, 0.29) is 30.2 Å². The van der Waals surface area contributed by atoms with Crippen molar-refractivity contribution >= 4 is 27.5 Å². The van der Waals surface area contributed by atoms with Crippen LogP contribution in [0.5, 0.6) is 0 Å². The van der Waals surface area contributed by atoms with Gasteiger partial charge < -0.3 is 5.32 Å². The zero-order valence-corrected chi connectivity index (χ0v) is 16.7. The molecule has 4 aromatic rings. The molecule has 2 heterocycles. The Morgan fingerprint density at radius 1 is 1.07 bits per heavy atom. The Morgan fingerprint density at radius 3 is 2.37 bits per heavy atom. The Morgan fingerprint density at radius 2 is 1.70 bits per heavy atom. The smallest absolute Gasteiger partial charge is 0.294 e. The number of carbonyl (C=O) groups is 1. The van der Waals surface area contributed by atoms with Crippen LogP contribution in [-0.4, -0.2) is 20.7 Å². The highest BCUT2D eigenvalue weighted by atomic mass is 32.1. The summed E-state index contributed by atoms with van der Waals surface area (Å²) in [7, 11) is 0. The van der Waals surface area contributed by atoms with Crippen LogP contribution in [0, 0.1) is 18.6 Å². The van der Waals surface area contributed by atoms with E-state index in [4.69, 9.17) is 0 Å². The molecule has 0 aliphatic carbocycles. The molecule has 30 heavy (non-hydrogen) atoms. The van der Waals surface area contributed by atoms with Crippen LogP contribution in [-0.2, 0) is 17.9 Å². The maximum Gasteiger partial charge on any atom is 0.294 e. The van der Waals surface area contributed by atoms with E-state index in [1.54, 1.807) is 31.2 Å². The van der Waals surface area contributed by atoms with E-state index in [0.717, 1.165) is 10.2 Å². The zero-order valence-electron chi connectivity index (χ0n) is 15.9. The maximum atomic E-state index is 13.3. The first kappa shape index (κ1) is 19.8. The van der Waals surface area contributed by atoms with Gasteiger partial charge in [-0.3, -0.25) is 9.59 Å². The summed E-state index contributed by atoms with van der Waals surface area (Å²) in [6.07, 6.45) is 0. The Kier molecular flexibility index (Phi) is 5.37. The lowest BCUT2D eigenvalue weighted by molar-refractivity contribution is -0.122. The Bertz CT molecular complexity index is 1280. The first-order valence-electron chi connectivity index (χ1n) is 9.06. The van der Waals surface area contributed by atoms with Gasteiger partial charge >= 0.3 is 0 Å². The normalized spacial score (nSPS) is 11.0. The molecule has 0 aliphatic rings. The van der Waals surface area contributed by atoms with Crippen molar-refractivity contribution in [3.63, 3.8) is 0 Å². The molecular formula is C21H16F2N4O2S. The van der Waals surface area contributed by atoms with E-state index in [0.29, 0.717) is 21.0 Å². The molecule has 1 amide bonds. The molecule has 1 N–H and O–H groups in total. The average Bonchev–Trinajstić information content (AvgIpc) is 3.12. The van der Waals surface area contributed by atoms with Gasteiger partial charge in [-0.2, -0.15) is 5.10 Å². The van der Waals surface area contributed by atoms with Crippen LogP contribution in [0.2, 0.25) is 0 Å². The van der Waals surface area contributed by atoms with Crippen LogP contribution < -0.4 is 10.9 Å². The Labute approximate surface area is 173 Å². The third-order valence-corrected chi connectivity index (χ3v) is 5.40. The molecule has 0 aliphatic heterocycles. The van der Waals surface area contributed by atoms with Crippen molar-refractivity contribution in [3.05, 3.63) is 81.1 Å². The van der Waals surface area contributed by atoms with Gasteiger partial charge in [-0.05, 0) is 48.9 Å². The quantitative estimate of drug-likeness (QED) is 0.531. The molecule has 0 spiro atoms. The zero-order chi connectivity index (χ0) is 21.3. The summed E-state index contributed by atoms with van der Waals surface area (Å²) < 4.78 is 28.0. The van der Waals surface area contributed by atoms with Crippen molar-refractivity contribution in [1.82, 2.24) is 20.1 Å². The summed E-state index contributed by atoms with van der Waals surface area (Å²) in [4.78, 5) is 29.5. The summed E-state index contributed by atoms with van der Waals surface area (Å²) >= 11 is 1.32. The van der Waals surface area contributed by atoms with Crippen molar-refractivity contribution in [1.29, 1.82) is 0 Å². The van der Waals surface area contributed by atoms with Gasteiger partial charge in [-0.1, -0.05) is 12.1 Å². The van der Waals surface area contributed by atoms with Gasteiger partial charge in [0.15, 0.2) is 5.52 Å². The van der Waals surface area contributed by atoms with Gasteiger partial charge in [0.25, 0.3) is 5.56 Å². The number of carbonyl (C=O) groups excluding carboxylic acids is 1. The average molecular weight is 426 g/mol. The van der Waals surface area contributed by atoms with Crippen LogP contribution >= 0.6 is 11.3 Å². The number of fused-ring (bicyclic) bond motifs is 1. The van der Waals surface area contributed by atoms with Crippen molar-refractivity contribution in [2.24, 2.45) is 0 Å². The van der Waals surface area contributed by atoms with E-state index in [1.165, 1.54) is 35.6 Å². The largest absolute Gasteiger partial charge is 0.350 e. The summed E-state index contributed by atoms with van der Waals surface area (Å²) in [5.74, 6) is -1.17. The summed E-state index contributed by atoms with van der Waals surface area (Å²) in [6.45, 7) is 1.66. The first-order valence-corrected chi connectivity index (χ1v) is 9.88. The third-order valence-electron chi connectivity index (χ3n) is 4.42. The number of hydrogen-bond acceptors (Lipinski definition) is 5. The molecule has 6 nitrogen and oxygen atoms in total. The van der Waals surface area contributed by atoms with Crippen LogP contribution in [0.25, 0.3) is 21.5 Å². The molecule has 0 saturated heterocycles. The lowest BCUT2D eigenvalue weighted by Gasteiger charge is -2.09.